The maximum atomic E-state index is 12.1. The fourth-order valence-electron chi connectivity index (χ4n) is 1.82. The highest BCUT2D eigenvalue weighted by atomic mass is 35.5. The highest BCUT2D eigenvalue weighted by molar-refractivity contribution is 7.89. The number of benzene rings is 1. The van der Waals surface area contributed by atoms with Crippen LogP contribution >= 0.6 is 11.6 Å². The number of rotatable bonds is 5. The van der Waals surface area contributed by atoms with Crippen molar-refractivity contribution < 1.29 is 13.5 Å². The Kier molecular flexibility index (Phi) is 3.79. The summed E-state index contributed by atoms with van der Waals surface area (Å²) >= 11 is 5.91. The van der Waals surface area contributed by atoms with Gasteiger partial charge in [-0.25, -0.2) is 13.1 Å². The molecule has 0 aliphatic heterocycles. The van der Waals surface area contributed by atoms with Crippen LogP contribution in [0.2, 0.25) is 5.02 Å². The van der Waals surface area contributed by atoms with E-state index in [0.717, 1.165) is 12.8 Å². The summed E-state index contributed by atoms with van der Waals surface area (Å²) in [5.74, 6) is 0. The van der Waals surface area contributed by atoms with E-state index in [2.05, 4.69) is 4.72 Å². The molecule has 2 rings (SSSR count). The molecule has 0 saturated heterocycles. The van der Waals surface area contributed by atoms with Crippen molar-refractivity contribution in [1.29, 1.82) is 0 Å². The third kappa shape index (κ3) is 3.02. The molecule has 0 unspecified atom stereocenters. The summed E-state index contributed by atoms with van der Waals surface area (Å²) in [5, 5.41) is 9.54. The van der Waals surface area contributed by atoms with Gasteiger partial charge in [0.05, 0.1) is 15.6 Å². The van der Waals surface area contributed by atoms with E-state index in [4.69, 9.17) is 17.3 Å². The largest absolute Gasteiger partial charge is 0.397 e. The summed E-state index contributed by atoms with van der Waals surface area (Å²) in [6, 6.07) is 2.83. The molecule has 5 nitrogen and oxygen atoms in total. The lowest BCUT2D eigenvalue weighted by atomic mass is 10.1. The van der Waals surface area contributed by atoms with Crippen molar-refractivity contribution in [2.24, 2.45) is 5.41 Å². The van der Waals surface area contributed by atoms with Gasteiger partial charge in [-0.05, 0) is 37.5 Å². The van der Waals surface area contributed by atoms with Gasteiger partial charge in [-0.3, -0.25) is 0 Å². The number of aryl methyl sites for hydroxylation is 1. The van der Waals surface area contributed by atoms with Gasteiger partial charge in [0.2, 0.25) is 10.0 Å². The predicted molar refractivity (Wildman–Crippen MR) is 74.5 cm³/mol. The number of halogens is 1. The molecule has 1 aromatic rings. The zero-order chi connectivity index (χ0) is 14.3. The number of anilines is 1. The van der Waals surface area contributed by atoms with E-state index in [1.165, 1.54) is 12.1 Å². The smallest absolute Gasteiger partial charge is 0.240 e. The number of nitrogens with one attached hydrogen (secondary N) is 1. The van der Waals surface area contributed by atoms with Crippen LogP contribution in [0.3, 0.4) is 0 Å². The number of hydrogen-bond donors (Lipinski definition) is 3. The Balaban J connectivity index is 2.20. The fourth-order valence-corrected chi connectivity index (χ4v) is 3.20. The molecule has 4 N–H and O–H groups in total. The molecule has 0 atom stereocenters. The van der Waals surface area contributed by atoms with Crippen molar-refractivity contribution in [3.8, 4) is 0 Å². The molecule has 1 aliphatic carbocycles. The van der Waals surface area contributed by atoms with Crippen LogP contribution in [-0.2, 0) is 10.0 Å². The maximum absolute atomic E-state index is 12.1. The highest BCUT2D eigenvalue weighted by Crippen LogP contribution is 2.44. The second kappa shape index (κ2) is 4.94. The second-order valence-electron chi connectivity index (χ2n) is 5.13. The van der Waals surface area contributed by atoms with E-state index in [9.17, 15) is 13.5 Å². The monoisotopic (exact) mass is 304 g/mol. The summed E-state index contributed by atoms with van der Waals surface area (Å²) in [5.41, 5.74) is 6.25. The molecular formula is C12H17ClN2O3S. The molecule has 0 radical (unpaired) electrons. The lowest BCUT2D eigenvalue weighted by molar-refractivity contribution is 0.213. The second-order valence-corrected chi connectivity index (χ2v) is 7.27. The molecule has 7 heteroatoms. The van der Waals surface area contributed by atoms with Gasteiger partial charge in [0.25, 0.3) is 0 Å². The number of nitrogen functional groups attached to an aromatic ring is 1. The van der Waals surface area contributed by atoms with Gasteiger partial charge in [-0.1, -0.05) is 11.6 Å². The Morgan fingerprint density at radius 2 is 2.11 bits per heavy atom. The Morgan fingerprint density at radius 3 is 2.58 bits per heavy atom. The first kappa shape index (κ1) is 14.6. The molecule has 0 bridgehead atoms. The van der Waals surface area contributed by atoms with Crippen LogP contribution < -0.4 is 10.5 Å². The predicted octanol–water partition coefficient (Wildman–Crippen LogP) is 1.28. The quantitative estimate of drug-likeness (QED) is 0.715. The summed E-state index contributed by atoms with van der Waals surface area (Å²) < 4.78 is 26.8. The normalized spacial score (nSPS) is 17.4. The van der Waals surface area contributed by atoms with E-state index in [-0.39, 0.29) is 29.1 Å². The number of sulfonamides is 1. The van der Waals surface area contributed by atoms with Crippen LogP contribution in [0.5, 0.6) is 0 Å². The molecule has 1 saturated carbocycles. The van der Waals surface area contributed by atoms with E-state index >= 15 is 0 Å². The zero-order valence-corrected chi connectivity index (χ0v) is 12.2. The van der Waals surface area contributed by atoms with E-state index in [0.29, 0.717) is 10.6 Å². The molecular weight excluding hydrogens is 288 g/mol. The van der Waals surface area contributed by atoms with Crippen molar-refractivity contribution >= 4 is 27.3 Å². The lowest BCUT2D eigenvalue weighted by Crippen LogP contribution is -2.32. The van der Waals surface area contributed by atoms with Crippen LogP contribution in [0.1, 0.15) is 18.4 Å². The average Bonchev–Trinajstić information content (AvgIpc) is 3.14. The third-order valence-electron chi connectivity index (χ3n) is 3.50. The standard InChI is InChI=1S/C12H17ClN2O3S/c1-8-4-9(5-10(14)11(8)13)19(17,18)15-6-12(7-16)2-3-12/h4-5,15-16H,2-3,6-7,14H2,1H3. The highest BCUT2D eigenvalue weighted by Gasteiger charge is 2.42. The SMILES string of the molecule is Cc1cc(S(=O)(=O)NCC2(CO)CC2)cc(N)c1Cl. The number of aliphatic hydroxyl groups is 1. The minimum absolute atomic E-state index is 0.00267. The van der Waals surface area contributed by atoms with Gasteiger partial charge < -0.3 is 10.8 Å². The first-order valence-corrected chi connectivity index (χ1v) is 7.82. The van der Waals surface area contributed by atoms with Crippen molar-refractivity contribution in [3.63, 3.8) is 0 Å². The van der Waals surface area contributed by atoms with Crippen molar-refractivity contribution in [2.75, 3.05) is 18.9 Å². The van der Waals surface area contributed by atoms with E-state index in [1.807, 2.05) is 0 Å². The molecule has 19 heavy (non-hydrogen) atoms. The van der Waals surface area contributed by atoms with Crippen LogP contribution in [0.25, 0.3) is 0 Å². The molecule has 0 spiro atoms. The first-order chi connectivity index (χ1) is 8.80. The Morgan fingerprint density at radius 1 is 1.47 bits per heavy atom. The number of aliphatic hydroxyl groups excluding tert-OH is 1. The van der Waals surface area contributed by atoms with Gasteiger partial charge in [0, 0.05) is 18.6 Å². The fraction of sp³-hybridized carbons (Fsp3) is 0.500. The molecule has 0 amide bonds. The van der Waals surface area contributed by atoms with Crippen molar-refractivity contribution in [1.82, 2.24) is 4.72 Å². The van der Waals surface area contributed by atoms with Crippen molar-refractivity contribution in [2.45, 2.75) is 24.7 Å². The van der Waals surface area contributed by atoms with Crippen LogP contribution in [-0.4, -0.2) is 26.7 Å². The zero-order valence-electron chi connectivity index (χ0n) is 10.6. The summed E-state index contributed by atoms with van der Waals surface area (Å²) in [7, 11) is -3.63. The topological polar surface area (TPSA) is 92.4 Å². The van der Waals surface area contributed by atoms with Crippen molar-refractivity contribution in [3.05, 3.63) is 22.7 Å². The minimum atomic E-state index is -3.63. The molecule has 1 aliphatic rings. The minimum Gasteiger partial charge on any atom is -0.397 e. The van der Waals surface area contributed by atoms with Crippen LogP contribution in [0.15, 0.2) is 17.0 Å². The Hall–Kier alpha value is -0.820. The van der Waals surface area contributed by atoms with Crippen LogP contribution in [0, 0.1) is 12.3 Å². The van der Waals surface area contributed by atoms with Gasteiger partial charge >= 0.3 is 0 Å². The summed E-state index contributed by atoms with van der Waals surface area (Å²) in [6.07, 6.45) is 1.68. The first-order valence-electron chi connectivity index (χ1n) is 5.96. The van der Waals surface area contributed by atoms with Gasteiger partial charge in [0.15, 0.2) is 0 Å². The van der Waals surface area contributed by atoms with Gasteiger partial charge in [-0.2, -0.15) is 0 Å². The van der Waals surface area contributed by atoms with E-state index < -0.39 is 10.0 Å². The Labute approximate surface area is 117 Å². The number of nitrogens with two attached hydrogens (primary N) is 1. The molecule has 0 heterocycles. The van der Waals surface area contributed by atoms with E-state index in [1.54, 1.807) is 6.92 Å². The molecule has 0 aromatic heterocycles. The summed E-state index contributed by atoms with van der Waals surface area (Å²) in [6.45, 7) is 1.94. The molecule has 106 valence electrons. The van der Waals surface area contributed by atoms with Gasteiger partial charge in [0.1, 0.15) is 0 Å². The third-order valence-corrected chi connectivity index (χ3v) is 5.39. The van der Waals surface area contributed by atoms with Gasteiger partial charge in [-0.15, -0.1) is 0 Å². The maximum Gasteiger partial charge on any atom is 0.240 e. The molecule has 1 fully saturated rings. The molecule has 1 aromatic carbocycles. The average molecular weight is 305 g/mol. The van der Waals surface area contributed by atoms with Crippen LogP contribution in [0.4, 0.5) is 5.69 Å². The Bertz CT molecular complexity index is 574. The number of hydrogen-bond acceptors (Lipinski definition) is 4. The lowest BCUT2D eigenvalue weighted by Gasteiger charge is -2.14. The summed E-state index contributed by atoms with van der Waals surface area (Å²) in [4.78, 5) is 0.0978.